The molecule has 0 bridgehead atoms. The minimum atomic E-state index is -2.91. The molecular weight excluding hydrogens is 425 g/mol. The van der Waals surface area contributed by atoms with Gasteiger partial charge in [0.05, 0.1) is 8.80 Å². The Labute approximate surface area is 186 Å². The lowest BCUT2D eigenvalue weighted by Gasteiger charge is -2.53. The summed E-state index contributed by atoms with van der Waals surface area (Å²) in [7, 11) is -6.73. The monoisotopic (exact) mass is 470 g/mol. The molecule has 7 heteroatoms. The van der Waals surface area contributed by atoms with Crippen molar-refractivity contribution in [3.8, 4) is 0 Å². The normalized spacial score (nSPS) is 15.3. The first kappa shape index (κ1) is 27.0. The second-order valence-corrected chi connectivity index (χ2v) is 20.7. The van der Waals surface area contributed by atoms with Gasteiger partial charge >= 0.3 is 8.56 Å². The molecule has 0 amide bonds. The maximum atomic E-state index is 7.54. The van der Waals surface area contributed by atoms with Crippen molar-refractivity contribution in [3.05, 3.63) is 30.3 Å². The van der Waals surface area contributed by atoms with Crippen LogP contribution in [0.15, 0.2) is 30.3 Å². The third-order valence-corrected chi connectivity index (χ3v) is 17.8. The minimum Gasteiger partial charge on any atom is -0.434 e. The maximum absolute atomic E-state index is 7.54. The van der Waals surface area contributed by atoms with Crippen LogP contribution >= 0.6 is 0 Å². The van der Waals surface area contributed by atoms with Crippen LogP contribution < -0.4 is 5.19 Å². The van der Waals surface area contributed by atoms with E-state index in [0.717, 1.165) is 25.7 Å². The molecule has 3 nitrogen and oxygen atoms in total. The number of hydrogen-bond donors (Lipinski definition) is 0. The quantitative estimate of drug-likeness (QED) is 0.378. The van der Waals surface area contributed by atoms with Gasteiger partial charge in [-0.2, -0.15) is 0 Å². The largest absolute Gasteiger partial charge is 0.434 e. The summed E-state index contributed by atoms with van der Waals surface area (Å²) in [6, 6.07) is 10.9. The van der Waals surface area contributed by atoms with E-state index in [0.29, 0.717) is 0 Å². The van der Waals surface area contributed by atoms with Crippen LogP contribution in [0.2, 0.25) is 39.3 Å². The molecule has 1 atom stereocenters. The van der Waals surface area contributed by atoms with Crippen molar-refractivity contribution in [2.24, 2.45) is 0 Å². The van der Waals surface area contributed by atoms with Crippen molar-refractivity contribution in [3.63, 3.8) is 0 Å². The Bertz CT molecular complexity index is 587. The molecule has 0 heterocycles. The lowest BCUT2D eigenvalue weighted by Crippen LogP contribution is -2.76. The molecule has 0 saturated heterocycles. The highest BCUT2D eigenvalue weighted by molar-refractivity contribution is 6.88. The zero-order valence-corrected chi connectivity index (χ0v) is 25.1. The second kappa shape index (κ2) is 11.5. The maximum Gasteiger partial charge on any atom is 0.394 e. The molecule has 0 aliphatic carbocycles. The summed E-state index contributed by atoms with van der Waals surface area (Å²) in [6.45, 7) is 23.1. The van der Waals surface area contributed by atoms with E-state index in [-0.39, 0.29) is 10.4 Å². The Morgan fingerprint density at radius 3 is 1.62 bits per heavy atom. The summed E-state index contributed by atoms with van der Waals surface area (Å²) >= 11 is 0. The number of benzene rings is 1. The molecule has 0 fully saturated rings. The van der Waals surface area contributed by atoms with Crippen molar-refractivity contribution in [2.45, 2.75) is 103 Å². The van der Waals surface area contributed by atoms with Gasteiger partial charge in [0.2, 0.25) is 0 Å². The lowest BCUT2D eigenvalue weighted by molar-refractivity contribution is 0.0317. The van der Waals surface area contributed by atoms with Crippen LogP contribution in [0.4, 0.5) is 0 Å². The Kier molecular flexibility index (Phi) is 10.8. The SMILES string of the molecule is CCC(CC)(O[Si](O[SiH](C)C)(c1ccccc1)C(CC)(CC)O[SiH](C)C)[SiH](C)C. The zero-order chi connectivity index (χ0) is 22.3. The van der Waals surface area contributed by atoms with E-state index in [2.05, 4.69) is 97.3 Å². The van der Waals surface area contributed by atoms with Gasteiger partial charge < -0.3 is 13.0 Å². The molecule has 0 saturated carbocycles. The predicted molar refractivity (Wildman–Crippen MR) is 138 cm³/mol. The first-order chi connectivity index (χ1) is 13.6. The van der Waals surface area contributed by atoms with E-state index < -0.39 is 35.4 Å². The van der Waals surface area contributed by atoms with E-state index in [1.807, 2.05) is 0 Å². The van der Waals surface area contributed by atoms with Crippen LogP contribution in [-0.4, -0.2) is 45.9 Å². The predicted octanol–water partition coefficient (Wildman–Crippen LogP) is 5.04. The molecule has 168 valence electrons. The summed E-state index contributed by atoms with van der Waals surface area (Å²) in [5.41, 5.74) is 0. The van der Waals surface area contributed by atoms with Gasteiger partial charge in [0.1, 0.15) is 5.22 Å². The molecular formula is C22H46O3Si4. The van der Waals surface area contributed by atoms with Gasteiger partial charge in [0, 0.05) is 5.22 Å². The van der Waals surface area contributed by atoms with Crippen molar-refractivity contribution in [1.82, 2.24) is 0 Å². The van der Waals surface area contributed by atoms with Crippen molar-refractivity contribution in [1.29, 1.82) is 0 Å². The third kappa shape index (κ3) is 5.81. The minimum absolute atomic E-state index is 0.0666. The Balaban J connectivity index is 3.89. The van der Waals surface area contributed by atoms with Gasteiger partial charge in [-0.15, -0.1) is 0 Å². The highest BCUT2D eigenvalue weighted by atomic mass is 28.4. The molecule has 29 heavy (non-hydrogen) atoms. The zero-order valence-electron chi connectivity index (χ0n) is 20.7. The van der Waals surface area contributed by atoms with Crippen molar-refractivity contribution in [2.75, 3.05) is 0 Å². The van der Waals surface area contributed by atoms with E-state index in [1.165, 1.54) is 5.19 Å². The van der Waals surface area contributed by atoms with E-state index in [1.54, 1.807) is 0 Å². The highest BCUT2D eigenvalue weighted by Crippen LogP contribution is 2.40. The molecule has 1 aromatic carbocycles. The molecule has 1 aromatic rings. The van der Waals surface area contributed by atoms with Crippen LogP contribution in [0.1, 0.15) is 53.4 Å². The van der Waals surface area contributed by atoms with E-state index >= 15 is 0 Å². The summed E-state index contributed by atoms with van der Waals surface area (Å²) in [5.74, 6) is 0. The van der Waals surface area contributed by atoms with E-state index in [4.69, 9.17) is 13.0 Å². The fourth-order valence-electron chi connectivity index (χ4n) is 4.63. The third-order valence-electron chi connectivity index (χ3n) is 6.35. The summed E-state index contributed by atoms with van der Waals surface area (Å²) in [5, 5.41) is 0.841. The van der Waals surface area contributed by atoms with Gasteiger partial charge in [0.15, 0.2) is 18.1 Å². The summed E-state index contributed by atoms with van der Waals surface area (Å²) in [6.07, 6.45) is 3.95. The fraction of sp³-hybridized carbons (Fsp3) is 0.727. The molecule has 0 N–H and O–H groups in total. The Hall–Kier alpha value is -0.0325. The molecule has 0 aromatic heterocycles. The average molecular weight is 471 g/mol. The van der Waals surface area contributed by atoms with Crippen LogP contribution in [0, 0.1) is 0 Å². The molecule has 0 radical (unpaired) electrons. The highest BCUT2D eigenvalue weighted by Gasteiger charge is 2.62. The van der Waals surface area contributed by atoms with Crippen LogP contribution in [0.3, 0.4) is 0 Å². The number of rotatable bonds is 13. The van der Waals surface area contributed by atoms with Gasteiger partial charge in [-0.25, -0.2) is 0 Å². The summed E-state index contributed by atoms with van der Waals surface area (Å²) < 4.78 is 21.7. The fourth-order valence-corrected chi connectivity index (χ4v) is 17.8. The molecule has 0 spiro atoms. The molecule has 1 unspecified atom stereocenters. The van der Waals surface area contributed by atoms with Crippen LogP contribution in [-0.2, 0) is 13.0 Å². The van der Waals surface area contributed by atoms with Crippen LogP contribution in [0.5, 0.6) is 0 Å². The average Bonchev–Trinajstić information content (AvgIpc) is 2.69. The molecule has 0 aliphatic heterocycles. The van der Waals surface area contributed by atoms with Gasteiger partial charge in [-0.05, 0) is 57.1 Å². The van der Waals surface area contributed by atoms with Crippen molar-refractivity contribution >= 4 is 40.6 Å². The first-order valence-electron chi connectivity index (χ1n) is 11.7. The standard InChI is InChI=1S/C22H46O3Si4/c1-11-21(12-2,26(5)6)24-29(25-28(9)10,20-18-16-15-17-19-20)22(13-3,14-4)23-27(7)8/h15-19,26-28H,11-14H2,1-10H3. The molecule has 1 rings (SSSR count). The molecule has 0 aliphatic rings. The lowest BCUT2D eigenvalue weighted by atomic mass is 10.2. The second-order valence-electron chi connectivity index (χ2n) is 9.05. The number of hydrogen-bond acceptors (Lipinski definition) is 3. The van der Waals surface area contributed by atoms with Gasteiger partial charge in [-0.3, -0.25) is 0 Å². The Morgan fingerprint density at radius 2 is 1.28 bits per heavy atom. The summed E-state index contributed by atoms with van der Waals surface area (Å²) in [4.78, 5) is 0. The van der Waals surface area contributed by atoms with Crippen LogP contribution in [0.25, 0.3) is 0 Å². The topological polar surface area (TPSA) is 27.7 Å². The Morgan fingerprint density at radius 1 is 0.759 bits per heavy atom. The van der Waals surface area contributed by atoms with Gasteiger partial charge in [0.25, 0.3) is 0 Å². The van der Waals surface area contributed by atoms with Gasteiger partial charge in [-0.1, -0.05) is 71.1 Å². The first-order valence-corrected chi connectivity index (χ1v) is 22.0. The van der Waals surface area contributed by atoms with E-state index in [9.17, 15) is 0 Å². The smallest absolute Gasteiger partial charge is 0.394 e. The van der Waals surface area contributed by atoms with Crippen molar-refractivity contribution < 1.29 is 13.0 Å².